The Bertz CT molecular complexity index is 1290. The van der Waals surface area contributed by atoms with E-state index in [9.17, 15) is 9.59 Å². The van der Waals surface area contributed by atoms with Crippen molar-refractivity contribution in [1.82, 2.24) is 10.3 Å². The van der Waals surface area contributed by atoms with E-state index < -0.39 is 11.7 Å². The Labute approximate surface area is 215 Å². The maximum Gasteiger partial charge on any atom is 0.416 e. The molecule has 1 aromatic heterocycles. The number of methoxy groups -OCH3 is 1. The predicted molar refractivity (Wildman–Crippen MR) is 140 cm³/mol. The van der Waals surface area contributed by atoms with Crippen LogP contribution in [0.4, 0.5) is 26.8 Å². The van der Waals surface area contributed by atoms with Crippen molar-refractivity contribution in [1.29, 1.82) is 0 Å². The Morgan fingerprint density at radius 3 is 2.50 bits per heavy atom. The molecule has 0 radical (unpaired) electrons. The summed E-state index contributed by atoms with van der Waals surface area (Å²) < 4.78 is 11.0. The van der Waals surface area contributed by atoms with Gasteiger partial charge in [-0.3, -0.25) is 9.80 Å². The van der Waals surface area contributed by atoms with E-state index in [-0.39, 0.29) is 19.1 Å². The highest BCUT2D eigenvalue weighted by Crippen LogP contribution is 2.34. The first-order chi connectivity index (χ1) is 17.1. The van der Waals surface area contributed by atoms with Gasteiger partial charge in [0.2, 0.25) is 0 Å². The number of fused-ring (bicyclic) bond motifs is 1. The van der Waals surface area contributed by atoms with Crippen molar-refractivity contribution >= 4 is 40.9 Å². The highest BCUT2D eigenvalue weighted by atomic mass is 35.5. The second kappa shape index (κ2) is 10.1. The average Bonchev–Trinajstić information content (AvgIpc) is 2.82. The third-order valence-corrected chi connectivity index (χ3v) is 5.89. The molecular weight excluding hydrogens is 480 g/mol. The molecule has 3 amide bonds. The Balaban J connectivity index is 1.72. The number of halogens is 1. The van der Waals surface area contributed by atoms with Crippen LogP contribution in [0.1, 0.15) is 37.6 Å². The van der Waals surface area contributed by atoms with E-state index in [1.54, 1.807) is 43.5 Å². The maximum atomic E-state index is 13.3. The number of aryl methyl sites for hydroxylation is 1. The third kappa shape index (κ3) is 5.54. The van der Waals surface area contributed by atoms with Crippen LogP contribution in [-0.2, 0) is 17.8 Å². The molecule has 2 aromatic carbocycles. The van der Waals surface area contributed by atoms with Gasteiger partial charge in [-0.1, -0.05) is 17.7 Å². The molecule has 3 aromatic rings. The summed E-state index contributed by atoms with van der Waals surface area (Å²) in [4.78, 5) is 33.8. The summed E-state index contributed by atoms with van der Waals surface area (Å²) in [6.45, 7) is 7.91. The molecule has 0 spiro atoms. The molecule has 0 aliphatic carbocycles. The van der Waals surface area contributed by atoms with Gasteiger partial charge in [0, 0.05) is 5.02 Å². The number of rotatable bonds is 5. The van der Waals surface area contributed by atoms with Crippen molar-refractivity contribution in [2.24, 2.45) is 0 Å². The SMILES string of the molecule is COc1ccc(CN(C(=O)OC(C)(C)C)c2ccc3c(n2)CNC(=O)N3c2ccc(Cl)cc2)c(C)c1. The molecule has 9 heteroatoms. The van der Waals surface area contributed by atoms with Gasteiger partial charge in [-0.25, -0.2) is 14.6 Å². The summed E-state index contributed by atoms with van der Waals surface area (Å²) in [6, 6.07) is 15.9. The summed E-state index contributed by atoms with van der Waals surface area (Å²) in [5, 5.41) is 3.43. The van der Waals surface area contributed by atoms with Gasteiger partial charge in [0.1, 0.15) is 17.2 Å². The third-order valence-electron chi connectivity index (χ3n) is 5.64. The minimum atomic E-state index is -0.683. The van der Waals surface area contributed by atoms with E-state index in [1.165, 1.54) is 9.80 Å². The number of benzene rings is 2. The summed E-state index contributed by atoms with van der Waals surface area (Å²) >= 11 is 6.02. The van der Waals surface area contributed by atoms with Gasteiger partial charge in [-0.2, -0.15) is 0 Å². The van der Waals surface area contributed by atoms with E-state index >= 15 is 0 Å². The molecule has 0 unspecified atom stereocenters. The summed E-state index contributed by atoms with van der Waals surface area (Å²) in [7, 11) is 1.62. The molecule has 4 rings (SSSR count). The van der Waals surface area contributed by atoms with Crippen molar-refractivity contribution in [3.63, 3.8) is 0 Å². The molecule has 1 aliphatic heterocycles. The number of anilines is 3. The van der Waals surface area contributed by atoms with Crippen LogP contribution in [0.3, 0.4) is 0 Å². The molecule has 0 saturated heterocycles. The van der Waals surface area contributed by atoms with Crippen LogP contribution >= 0.6 is 11.6 Å². The molecule has 0 atom stereocenters. The second-order valence-corrected chi connectivity index (χ2v) is 9.90. The molecule has 2 heterocycles. The van der Waals surface area contributed by atoms with Gasteiger partial charge < -0.3 is 14.8 Å². The molecule has 0 fully saturated rings. The fourth-order valence-electron chi connectivity index (χ4n) is 3.86. The summed E-state index contributed by atoms with van der Waals surface area (Å²) in [5.74, 6) is 1.16. The highest BCUT2D eigenvalue weighted by Gasteiger charge is 2.30. The summed E-state index contributed by atoms with van der Waals surface area (Å²) in [5.41, 5.74) is 3.14. The first kappa shape index (κ1) is 25.3. The molecule has 1 N–H and O–H groups in total. The van der Waals surface area contributed by atoms with Crippen molar-refractivity contribution in [3.8, 4) is 5.75 Å². The van der Waals surface area contributed by atoms with E-state index in [2.05, 4.69) is 5.32 Å². The zero-order valence-corrected chi connectivity index (χ0v) is 21.7. The van der Waals surface area contributed by atoms with Gasteiger partial charge in [0.25, 0.3) is 0 Å². The maximum absolute atomic E-state index is 13.3. The lowest BCUT2D eigenvalue weighted by atomic mass is 10.1. The number of ether oxygens (including phenoxy) is 2. The van der Waals surface area contributed by atoms with E-state index in [0.29, 0.717) is 27.9 Å². The fourth-order valence-corrected chi connectivity index (χ4v) is 3.99. The Morgan fingerprint density at radius 1 is 1.14 bits per heavy atom. The van der Waals surface area contributed by atoms with Crippen LogP contribution < -0.4 is 19.9 Å². The van der Waals surface area contributed by atoms with Crippen molar-refractivity contribution < 1.29 is 19.1 Å². The topological polar surface area (TPSA) is 84.0 Å². The normalized spacial score (nSPS) is 13.1. The molecule has 1 aliphatic rings. The fraction of sp³-hybridized carbons (Fsp3) is 0.296. The van der Waals surface area contributed by atoms with Crippen LogP contribution in [0.2, 0.25) is 5.02 Å². The number of urea groups is 1. The number of pyridine rings is 1. The second-order valence-electron chi connectivity index (χ2n) is 9.46. The quantitative estimate of drug-likeness (QED) is 0.433. The van der Waals surface area contributed by atoms with Gasteiger partial charge in [0.15, 0.2) is 0 Å². The van der Waals surface area contributed by atoms with Gasteiger partial charge in [-0.05, 0) is 87.4 Å². The molecule has 8 nitrogen and oxygen atoms in total. The van der Waals surface area contributed by atoms with Gasteiger partial charge in [-0.15, -0.1) is 0 Å². The van der Waals surface area contributed by atoms with Crippen molar-refractivity contribution in [2.45, 2.75) is 46.4 Å². The number of aromatic nitrogens is 1. The highest BCUT2D eigenvalue weighted by molar-refractivity contribution is 6.30. The number of carbonyl (C=O) groups excluding carboxylic acids is 2. The van der Waals surface area contributed by atoms with Crippen molar-refractivity contribution in [3.05, 3.63) is 76.4 Å². The number of hydrogen-bond donors (Lipinski definition) is 1. The Kier molecular flexibility index (Phi) is 7.08. The first-order valence-electron chi connectivity index (χ1n) is 11.5. The van der Waals surface area contributed by atoms with Gasteiger partial charge >= 0.3 is 12.1 Å². The molecule has 0 saturated carbocycles. The molecule has 0 bridgehead atoms. The summed E-state index contributed by atoms with van der Waals surface area (Å²) in [6.07, 6.45) is -0.514. The zero-order chi connectivity index (χ0) is 26.0. The molecule has 36 heavy (non-hydrogen) atoms. The number of nitrogens with one attached hydrogen (secondary N) is 1. The number of nitrogens with zero attached hydrogens (tertiary/aromatic N) is 3. The number of carbonyl (C=O) groups is 2. The van der Waals surface area contributed by atoms with E-state index in [4.69, 9.17) is 26.1 Å². The average molecular weight is 509 g/mol. The van der Waals surface area contributed by atoms with Crippen LogP contribution in [0.25, 0.3) is 0 Å². The van der Waals surface area contributed by atoms with E-state index in [1.807, 2.05) is 45.9 Å². The van der Waals surface area contributed by atoms with Crippen LogP contribution in [-0.4, -0.2) is 29.8 Å². The first-order valence-corrected chi connectivity index (χ1v) is 11.9. The monoisotopic (exact) mass is 508 g/mol. The molecule has 188 valence electrons. The molecular formula is C27H29ClN4O4. The number of amides is 3. The predicted octanol–water partition coefficient (Wildman–Crippen LogP) is 6.36. The number of hydrogen-bond acceptors (Lipinski definition) is 5. The lowest BCUT2D eigenvalue weighted by Crippen LogP contribution is -2.42. The van der Waals surface area contributed by atoms with Crippen molar-refractivity contribution in [2.75, 3.05) is 16.9 Å². The lowest BCUT2D eigenvalue weighted by Gasteiger charge is -2.31. The zero-order valence-electron chi connectivity index (χ0n) is 21.0. The smallest absolute Gasteiger partial charge is 0.416 e. The largest absolute Gasteiger partial charge is 0.497 e. The van der Waals surface area contributed by atoms with Gasteiger partial charge in [0.05, 0.1) is 37.3 Å². The Morgan fingerprint density at radius 2 is 1.86 bits per heavy atom. The lowest BCUT2D eigenvalue weighted by molar-refractivity contribution is 0.0576. The van der Waals surface area contributed by atoms with Crippen LogP contribution in [0.15, 0.2) is 54.6 Å². The van der Waals surface area contributed by atoms with Crippen LogP contribution in [0.5, 0.6) is 5.75 Å². The minimum absolute atomic E-state index is 0.232. The Hall–Kier alpha value is -3.78. The standard InChI is InChI=1S/C27H29ClN4O4/c1-17-14-21(35-5)11-6-18(17)16-31(26(34)36-27(2,3)4)24-13-12-23-22(30-24)15-29-25(33)32(23)20-9-7-19(28)8-10-20/h6-14H,15-16H2,1-5H3,(H,29,33). The minimum Gasteiger partial charge on any atom is -0.497 e. The van der Waals surface area contributed by atoms with Crippen LogP contribution in [0, 0.1) is 6.92 Å². The van der Waals surface area contributed by atoms with E-state index in [0.717, 1.165) is 16.9 Å².